The number of hydrogen-bond donors (Lipinski definition) is 0. The molecule has 2 fully saturated rings. The van der Waals surface area contributed by atoms with Gasteiger partial charge >= 0.3 is 6.03 Å². The van der Waals surface area contributed by atoms with Crippen LogP contribution in [0.25, 0.3) is 0 Å². The van der Waals surface area contributed by atoms with Crippen LogP contribution in [0.5, 0.6) is 0 Å². The highest BCUT2D eigenvalue weighted by Gasteiger charge is 2.47. The predicted octanol–water partition coefficient (Wildman–Crippen LogP) is 3.08. The number of hydroxylamine groups is 2. The van der Waals surface area contributed by atoms with Crippen LogP contribution in [0.4, 0.5) is 4.79 Å². The van der Waals surface area contributed by atoms with Gasteiger partial charge in [0.1, 0.15) is 12.6 Å². The molecule has 1 aromatic carbocycles. The Labute approximate surface area is 153 Å². The van der Waals surface area contributed by atoms with Crippen molar-refractivity contribution in [1.29, 1.82) is 0 Å². The van der Waals surface area contributed by atoms with Crippen molar-refractivity contribution in [2.45, 2.75) is 36.0 Å². The second-order valence-corrected chi connectivity index (χ2v) is 6.70. The van der Waals surface area contributed by atoms with Gasteiger partial charge in [-0.1, -0.05) is 52.9 Å². The Morgan fingerprint density at radius 3 is 2.83 bits per heavy atom. The SMILES string of the molecule is O=C1N(OCc2ccccc2)C2CC[C@@H](c3nnc(CI)o3)N1C2. The van der Waals surface area contributed by atoms with Crippen molar-refractivity contribution in [2.24, 2.45) is 0 Å². The first-order valence-electron chi connectivity index (χ1n) is 7.91. The van der Waals surface area contributed by atoms with E-state index in [4.69, 9.17) is 9.25 Å². The summed E-state index contributed by atoms with van der Waals surface area (Å²) in [6.07, 6.45) is 1.67. The average Bonchev–Trinajstić information content (AvgIpc) is 3.19. The molecule has 2 aliphatic rings. The van der Waals surface area contributed by atoms with Gasteiger partial charge < -0.3 is 9.32 Å². The van der Waals surface area contributed by atoms with Gasteiger partial charge in [-0.25, -0.2) is 4.79 Å². The second kappa shape index (κ2) is 6.67. The fraction of sp³-hybridized carbons (Fsp3) is 0.438. The lowest BCUT2D eigenvalue weighted by molar-refractivity contribution is -0.140. The number of piperidine rings is 1. The molecule has 8 heteroatoms. The first kappa shape index (κ1) is 15.8. The molecule has 24 heavy (non-hydrogen) atoms. The van der Waals surface area contributed by atoms with Gasteiger partial charge in [0.15, 0.2) is 0 Å². The summed E-state index contributed by atoms with van der Waals surface area (Å²) >= 11 is 2.18. The van der Waals surface area contributed by atoms with Crippen molar-refractivity contribution in [3.8, 4) is 0 Å². The van der Waals surface area contributed by atoms with Crippen LogP contribution in [-0.4, -0.2) is 38.8 Å². The van der Waals surface area contributed by atoms with Gasteiger partial charge in [-0.3, -0.25) is 4.84 Å². The van der Waals surface area contributed by atoms with Gasteiger partial charge in [-0.2, -0.15) is 5.06 Å². The van der Waals surface area contributed by atoms with E-state index in [0.29, 0.717) is 29.4 Å². The number of halogens is 1. The van der Waals surface area contributed by atoms with Crippen molar-refractivity contribution in [3.05, 3.63) is 47.7 Å². The maximum Gasteiger partial charge on any atom is 0.345 e. The van der Waals surface area contributed by atoms with Gasteiger partial charge in [0.05, 0.1) is 10.5 Å². The Bertz CT molecular complexity index is 723. The Balaban J connectivity index is 1.46. The zero-order valence-corrected chi connectivity index (χ0v) is 15.1. The number of alkyl halides is 1. The number of urea groups is 1. The molecule has 2 saturated heterocycles. The normalized spacial score (nSPS) is 23.1. The van der Waals surface area contributed by atoms with Gasteiger partial charge in [0.2, 0.25) is 11.8 Å². The number of benzene rings is 1. The lowest BCUT2D eigenvalue weighted by atomic mass is 10.0. The number of aromatic nitrogens is 2. The van der Waals surface area contributed by atoms with E-state index in [1.165, 1.54) is 5.06 Å². The first-order valence-corrected chi connectivity index (χ1v) is 9.43. The quantitative estimate of drug-likeness (QED) is 0.528. The van der Waals surface area contributed by atoms with Crippen molar-refractivity contribution in [2.75, 3.05) is 6.54 Å². The first-order chi connectivity index (χ1) is 11.8. The summed E-state index contributed by atoms with van der Waals surface area (Å²) in [5, 5.41) is 9.63. The summed E-state index contributed by atoms with van der Waals surface area (Å²) in [7, 11) is 0. The minimum atomic E-state index is -0.150. The third-order valence-corrected chi connectivity index (χ3v) is 5.07. The molecule has 1 unspecified atom stereocenters. The summed E-state index contributed by atoms with van der Waals surface area (Å²) in [6.45, 7) is 1.03. The molecule has 0 N–H and O–H groups in total. The maximum absolute atomic E-state index is 12.7. The Morgan fingerprint density at radius 2 is 2.08 bits per heavy atom. The molecule has 3 heterocycles. The van der Waals surface area contributed by atoms with Crippen LogP contribution >= 0.6 is 22.6 Å². The van der Waals surface area contributed by atoms with Crippen LogP contribution in [0.3, 0.4) is 0 Å². The van der Waals surface area contributed by atoms with E-state index < -0.39 is 0 Å². The molecule has 126 valence electrons. The molecule has 0 radical (unpaired) electrons. The fourth-order valence-corrected chi connectivity index (χ4v) is 3.54. The molecule has 2 bridgehead atoms. The van der Waals surface area contributed by atoms with Crippen molar-refractivity contribution in [1.82, 2.24) is 20.2 Å². The topological polar surface area (TPSA) is 71.7 Å². The summed E-state index contributed by atoms with van der Waals surface area (Å²) in [5.41, 5.74) is 1.04. The molecule has 4 rings (SSSR count). The standard InChI is InChI=1S/C16H17IN4O3/c17-8-14-18-19-15(24-14)13-7-6-12-9-20(13)16(22)21(12)23-10-11-4-2-1-3-5-11/h1-5,12-13H,6-10H2/t12?,13-/m0/s1. The maximum atomic E-state index is 12.7. The number of carbonyl (C=O) groups excluding carboxylic acids is 1. The zero-order valence-electron chi connectivity index (χ0n) is 13.0. The fourth-order valence-electron chi connectivity index (χ4n) is 3.23. The summed E-state index contributed by atoms with van der Waals surface area (Å²) in [5.74, 6) is 1.12. The molecule has 1 aromatic heterocycles. The molecule has 0 aliphatic carbocycles. The van der Waals surface area contributed by atoms with E-state index in [1.807, 2.05) is 30.3 Å². The molecular formula is C16H17IN4O3. The summed E-state index contributed by atoms with van der Waals surface area (Å²) < 4.78 is 6.32. The molecule has 2 atom stereocenters. The molecule has 0 spiro atoms. The van der Waals surface area contributed by atoms with E-state index in [0.717, 1.165) is 18.4 Å². The number of amides is 2. The van der Waals surface area contributed by atoms with E-state index in [9.17, 15) is 4.79 Å². The zero-order chi connectivity index (χ0) is 16.5. The monoisotopic (exact) mass is 440 g/mol. The van der Waals surface area contributed by atoms with E-state index in [-0.39, 0.29) is 18.1 Å². The Kier molecular flexibility index (Phi) is 4.40. The lowest BCUT2D eigenvalue weighted by Gasteiger charge is -2.27. The number of hydrogen-bond acceptors (Lipinski definition) is 5. The van der Waals surface area contributed by atoms with Crippen LogP contribution in [0, 0.1) is 0 Å². The van der Waals surface area contributed by atoms with E-state index in [2.05, 4.69) is 32.8 Å². The van der Waals surface area contributed by atoms with Gasteiger partial charge in [0.25, 0.3) is 0 Å². The Morgan fingerprint density at radius 1 is 1.25 bits per heavy atom. The molecule has 2 aromatic rings. The predicted molar refractivity (Wildman–Crippen MR) is 93.0 cm³/mol. The molecule has 7 nitrogen and oxygen atoms in total. The summed E-state index contributed by atoms with van der Waals surface area (Å²) in [6, 6.07) is 9.67. The largest absolute Gasteiger partial charge is 0.422 e. The average molecular weight is 440 g/mol. The number of nitrogens with zero attached hydrogens (tertiary/aromatic N) is 4. The molecular weight excluding hydrogens is 423 g/mol. The van der Waals surface area contributed by atoms with Gasteiger partial charge in [-0.05, 0) is 18.4 Å². The van der Waals surface area contributed by atoms with Gasteiger partial charge in [-0.15, -0.1) is 10.2 Å². The number of carbonyl (C=O) groups is 1. The smallest absolute Gasteiger partial charge is 0.345 e. The van der Waals surface area contributed by atoms with Crippen molar-refractivity contribution < 1.29 is 14.0 Å². The van der Waals surface area contributed by atoms with Gasteiger partial charge in [0, 0.05) is 6.54 Å². The van der Waals surface area contributed by atoms with E-state index >= 15 is 0 Å². The summed E-state index contributed by atoms with van der Waals surface area (Å²) in [4.78, 5) is 20.3. The van der Waals surface area contributed by atoms with Crippen LogP contribution in [-0.2, 0) is 15.9 Å². The number of fused-ring (bicyclic) bond motifs is 2. The molecule has 2 aliphatic heterocycles. The second-order valence-electron chi connectivity index (χ2n) is 5.93. The Hall–Kier alpha value is -1.68. The van der Waals surface area contributed by atoms with Crippen LogP contribution in [0.2, 0.25) is 0 Å². The third-order valence-electron chi connectivity index (χ3n) is 4.42. The molecule has 2 amide bonds. The lowest BCUT2D eigenvalue weighted by Crippen LogP contribution is -2.34. The highest BCUT2D eigenvalue weighted by molar-refractivity contribution is 14.1. The van der Waals surface area contributed by atoms with Crippen molar-refractivity contribution >= 4 is 28.6 Å². The highest BCUT2D eigenvalue weighted by Crippen LogP contribution is 2.38. The van der Waals surface area contributed by atoms with Crippen LogP contribution < -0.4 is 0 Å². The van der Waals surface area contributed by atoms with Crippen LogP contribution in [0.1, 0.15) is 36.2 Å². The minimum Gasteiger partial charge on any atom is -0.422 e. The van der Waals surface area contributed by atoms with Crippen LogP contribution in [0.15, 0.2) is 34.7 Å². The minimum absolute atomic E-state index is 0.0874. The van der Waals surface area contributed by atoms with E-state index in [1.54, 1.807) is 4.90 Å². The number of rotatable bonds is 5. The molecule has 0 saturated carbocycles. The highest BCUT2D eigenvalue weighted by atomic mass is 127. The third kappa shape index (κ3) is 2.88. The van der Waals surface area contributed by atoms with Crippen molar-refractivity contribution in [3.63, 3.8) is 0 Å².